The molecule has 0 spiro atoms. The maximum Gasteiger partial charge on any atom is 0.219 e. The monoisotopic (exact) mass is 318 g/mol. The molecule has 1 amide bonds. The molecule has 0 aliphatic carbocycles. The number of carbonyl (C=O) groups excluding carboxylic acids is 1. The molecule has 0 N–H and O–H groups in total. The van der Waals surface area contributed by atoms with Crippen LogP contribution in [-0.2, 0) is 11.2 Å². The highest BCUT2D eigenvalue weighted by Gasteiger charge is 2.37. The molecular formula is C19H30N2O2. The third-order valence-corrected chi connectivity index (χ3v) is 5.07. The maximum absolute atomic E-state index is 11.6. The third kappa shape index (κ3) is 3.17. The van der Waals surface area contributed by atoms with E-state index < -0.39 is 0 Å². The topological polar surface area (TPSA) is 32.8 Å². The van der Waals surface area contributed by atoms with Gasteiger partial charge in [0, 0.05) is 45.2 Å². The first-order valence-electron chi connectivity index (χ1n) is 8.73. The summed E-state index contributed by atoms with van der Waals surface area (Å²) in [6.45, 7) is 9.46. The van der Waals surface area contributed by atoms with Crippen molar-refractivity contribution in [2.45, 2.75) is 52.5 Å². The largest absolute Gasteiger partial charge is 0.493 e. The van der Waals surface area contributed by atoms with Gasteiger partial charge in [-0.25, -0.2) is 0 Å². The minimum Gasteiger partial charge on any atom is -0.493 e. The fourth-order valence-corrected chi connectivity index (χ4v) is 3.58. The van der Waals surface area contributed by atoms with Gasteiger partial charge < -0.3 is 14.5 Å². The molecule has 3 rings (SSSR count). The van der Waals surface area contributed by atoms with Crippen molar-refractivity contribution in [3.05, 3.63) is 23.3 Å². The summed E-state index contributed by atoms with van der Waals surface area (Å²) >= 11 is 0. The molecule has 4 heteroatoms. The molecule has 2 aliphatic heterocycles. The van der Waals surface area contributed by atoms with Gasteiger partial charge in [-0.3, -0.25) is 4.79 Å². The second kappa shape index (κ2) is 7.24. The molecule has 2 aliphatic rings. The number of rotatable bonds is 2. The van der Waals surface area contributed by atoms with Gasteiger partial charge in [0.2, 0.25) is 5.91 Å². The van der Waals surface area contributed by atoms with Gasteiger partial charge in [0.05, 0.1) is 6.61 Å². The number of ether oxygens (including phenoxy) is 1. The van der Waals surface area contributed by atoms with Gasteiger partial charge in [-0.05, 0) is 43.0 Å². The smallest absolute Gasteiger partial charge is 0.219 e. The number of benzene rings is 1. The quantitative estimate of drug-likeness (QED) is 0.837. The summed E-state index contributed by atoms with van der Waals surface area (Å²) in [5, 5.41) is 0. The molecule has 0 bridgehead atoms. The molecule has 0 aromatic heterocycles. The predicted octanol–water partition coefficient (Wildman–Crippen LogP) is 3.44. The molecule has 23 heavy (non-hydrogen) atoms. The van der Waals surface area contributed by atoms with Crippen molar-refractivity contribution in [3.8, 4) is 5.75 Å². The lowest BCUT2D eigenvalue weighted by molar-refractivity contribution is -0.127. The zero-order valence-electron chi connectivity index (χ0n) is 15.3. The predicted molar refractivity (Wildman–Crippen MR) is 95.5 cm³/mol. The first-order valence-corrected chi connectivity index (χ1v) is 8.73. The van der Waals surface area contributed by atoms with Crippen LogP contribution in [0.4, 0.5) is 5.69 Å². The number of likely N-dealkylation sites (N-methyl/N-ethyl adjacent to an activating group) is 2. The molecule has 0 fully saturated rings. The van der Waals surface area contributed by atoms with Crippen molar-refractivity contribution in [1.29, 1.82) is 0 Å². The summed E-state index contributed by atoms with van der Waals surface area (Å²) in [5.41, 5.74) is 4.06. The van der Waals surface area contributed by atoms with Crippen LogP contribution in [0.1, 0.15) is 51.2 Å². The number of hydrogen-bond acceptors (Lipinski definition) is 3. The van der Waals surface area contributed by atoms with Crippen LogP contribution in [0.3, 0.4) is 0 Å². The van der Waals surface area contributed by atoms with Gasteiger partial charge >= 0.3 is 0 Å². The standard InChI is InChI=1S/C17H24N2O2.C2H6/c1-11-14(10-18(3)12(2)20)17-13-6-5-9-21-16(13)8-7-15(17)19(11)4;1-2/h7-8,11,14H,5-6,9-10H2,1-4H3;1-2H3. The molecule has 0 radical (unpaired) electrons. The van der Waals surface area contributed by atoms with Crippen LogP contribution in [0.5, 0.6) is 5.75 Å². The zero-order chi connectivity index (χ0) is 17.1. The summed E-state index contributed by atoms with van der Waals surface area (Å²) in [5.74, 6) is 1.52. The van der Waals surface area contributed by atoms with E-state index in [0.29, 0.717) is 12.0 Å². The van der Waals surface area contributed by atoms with E-state index in [9.17, 15) is 4.79 Å². The molecule has 2 atom stereocenters. The SMILES string of the molecule is CC.CC(=O)N(C)CC1c2c(ccc3c2CCCO3)N(C)C1C. The van der Waals surface area contributed by atoms with Crippen LogP contribution in [0.25, 0.3) is 0 Å². The van der Waals surface area contributed by atoms with Gasteiger partial charge in [-0.1, -0.05) is 13.8 Å². The van der Waals surface area contributed by atoms with E-state index in [1.807, 2.05) is 25.8 Å². The van der Waals surface area contributed by atoms with E-state index in [-0.39, 0.29) is 5.91 Å². The second-order valence-corrected chi connectivity index (χ2v) is 6.28. The van der Waals surface area contributed by atoms with E-state index in [1.54, 1.807) is 6.92 Å². The number of anilines is 1. The highest BCUT2D eigenvalue weighted by Crippen LogP contribution is 2.46. The molecule has 2 unspecified atom stereocenters. The Kier molecular flexibility index (Phi) is 5.55. The summed E-state index contributed by atoms with van der Waals surface area (Å²) in [7, 11) is 4.03. The van der Waals surface area contributed by atoms with E-state index in [1.165, 1.54) is 16.8 Å². The minimum atomic E-state index is 0.124. The molecule has 0 saturated heterocycles. The van der Waals surface area contributed by atoms with E-state index in [0.717, 1.165) is 31.7 Å². The zero-order valence-corrected chi connectivity index (χ0v) is 15.3. The Morgan fingerprint density at radius 1 is 1.39 bits per heavy atom. The lowest BCUT2D eigenvalue weighted by Crippen LogP contribution is -2.35. The molecular weight excluding hydrogens is 288 g/mol. The van der Waals surface area contributed by atoms with Crippen molar-refractivity contribution in [1.82, 2.24) is 4.90 Å². The number of hydrogen-bond donors (Lipinski definition) is 0. The summed E-state index contributed by atoms with van der Waals surface area (Å²) in [6, 6.07) is 4.67. The Bertz CT molecular complexity index is 571. The lowest BCUT2D eigenvalue weighted by Gasteiger charge is -2.27. The average molecular weight is 318 g/mol. The Balaban J connectivity index is 0.000000924. The fraction of sp³-hybridized carbons (Fsp3) is 0.632. The summed E-state index contributed by atoms with van der Waals surface area (Å²) < 4.78 is 5.82. The van der Waals surface area contributed by atoms with Crippen molar-refractivity contribution in [3.63, 3.8) is 0 Å². The van der Waals surface area contributed by atoms with Crippen molar-refractivity contribution in [2.75, 3.05) is 32.1 Å². The van der Waals surface area contributed by atoms with E-state index in [4.69, 9.17) is 4.74 Å². The normalized spacial score (nSPS) is 21.6. The first-order chi connectivity index (χ1) is 11.0. The second-order valence-electron chi connectivity index (χ2n) is 6.28. The van der Waals surface area contributed by atoms with Crippen molar-refractivity contribution >= 4 is 11.6 Å². The minimum absolute atomic E-state index is 0.124. The van der Waals surface area contributed by atoms with Crippen LogP contribution < -0.4 is 9.64 Å². The number of fused-ring (bicyclic) bond motifs is 3. The first kappa shape index (κ1) is 17.6. The van der Waals surface area contributed by atoms with Crippen LogP contribution in [0, 0.1) is 0 Å². The molecule has 0 saturated carbocycles. The molecule has 1 aromatic rings. The van der Waals surface area contributed by atoms with Gasteiger partial charge in [0.25, 0.3) is 0 Å². The molecule has 2 heterocycles. The molecule has 1 aromatic carbocycles. The van der Waals surface area contributed by atoms with Crippen LogP contribution in [-0.4, -0.2) is 44.1 Å². The highest BCUT2D eigenvalue weighted by atomic mass is 16.5. The Morgan fingerprint density at radius 3 is 2.74 bits per heavy atom. The van der Waals surface area contributed by atoms with Gasteiger partial charge in [-0.2, -0.15) is 0 Å². The maximum atomic E-state index is 11.6. The average Bonchev–Trinajstić information content (AvgIpc) is 2.82. The van der Waals surface area contributed by atoms with Crippen molar-refractivity contribution < 1.29 is 9.53 Å². The number of amides is 1. The fourth-order valence-electron chi connectivity index (χ4n) is 3.58. The summed E-state index contributed by atoms with van der Waals surface area (Å²) in [6.07, 6.45) is 2.16. The Hall–Kier alpha value is -1.71. The highest BCUT2D eigenvalue weighted by molar-refractivity contribution is 5.73. The Morgan fingerprint density at radius 2 is 2.09 bits per heavy atom. The van der Waals surface area contributed by atoms with E-state index >= 15 is 0 Å². The molecule has 4 nitrogen and oxygen atoms in total. The summed E-state index contributed by atoms with van der Waals surface area (Å²) in [4.78, 5) is 15.8. The number of carbonyl (C=O) groups is 1. The van der Waals surface area contributed by atoms with Crippen LogP contribution in [0.15, 0.2) is 12.1 Å². The number of nitrogens with zero attached hydrogens (tertiary/aromatic N) is 2. The molecule has 128 valence electrons. The van der Waals surface area contributed by atoms with Gasteiger partial charge in [-0.15, -0.1) is 0 Å². The Labute approximate surface area is 140 Å². The van der Waals surface area contributed by atoms with E-state index in [2.05, 4.69) is 31.0 Å². The van der Waals surface area contributed by atoms with Crippen LogP contribution >= 0.6 is 0 Å². The van der Waals surface area contributed by atoms with Gasteiger partial charge in [0.1, 0.15) is 5.75 Å². The third-order valence-electron chi connectivity index (χ3n) is 5.07. The van der Waals surface area contributed by atoms with Crippen molar-refractivity contribution in [2.24, 2.45) is 0 Å². The lowest BCUT2D eigenvalue weighted by atomic mass is 9.88. The van der Waals surface area contributed by atoms with Gasteiger partial charge in [0.15, 0.2) is 0 Å². The van der Waals surface area contributed by atoms with Crippen LogP contribution in [0.2, 0.25) is 0 Å².